The van der Waals surface area contributed by atoms with Gasteiger partial charge in [-0.15, -0.1) is 0 Å². The first-order valence-corrected chi connectivity index (χ1v) is 15.0. The zero-order valence-electron chi connectivity index (χ0n) is 22.5. The second kappa shape index (κ2) is 10.3. The van der Waals surface area contributed by atoms with Crippen molar-refractivity contribution in [3.63, 3.8) is 0 Å². The summed E-state index contributed by atoms with van der Waals surface area (Å²) in [5.74, 6) is 0.323. The van der Waals surface area contributed by atoms with Crippen LogP contribution in [-0.4, -0.2) is 64.3 Å². The Kier molecular flexibility index (Phi) is 6.94. The van der Waals surface area contributed by atoms with Gasteiger partial charge in [0.15, 0.2) is 5.82 Å². The van der Waals surface area contributed by atoms with Crippen molar-refractivity contribution in [2.45, 2.75) is 56.4 Å². The molecule has 0 spiro atoms. The minimum Gasteiger partial charge on any atom is -0.461 e. The van der Waals surface area contributed by atoms with E-state index in [4.69, 9.17) is 32.9 Å². The third kappa shape index (κ3) is 4.85. The molecule has 224 valence electrons. The predicted molar refractivity (Wildman–Crippen MR) is 149 cm³/mol. The summed E-state index contributed by atoms with van der Waals surface area (Å²) in [6, 6.07) is 1.86. The maximum absolute atomic E-state index is 16.3. The van der Waals surface area contributed by atoms with E-state index in [9.17, 15) is 17.6 Å². The van der Waals surface area contributed by atoms with Gasteiger partial charge in [0.2, 0.25) is 0 Å². The van der Waals surface area contributed by atoms with Crippen molar-refractivity contribution in [1.82, 2.24) is 19.9 Å². The normalized spacial score (nSPS) is 27.7. The third-order valence-corrected chi connectivity index (χ3v) is 9.89. The van der Waals surface area contributed by atoms with Crippen LogP contribution in [0, 0.1) is 17.7 Å². The predicted octanol–water partition coefficient (Wildman–Crippen LogP) is 7.35. The van der Waals surface area contributed by atoms with Gasteiger partial charge in [-0.3, -0.25) is 9.88 Å². The zero-order chi connectivity index (χ0) is 29.4. The maximum Gasteiger partial charge on any atom is 0.418 e. The smallest absolute Gasteiger partial charge is 0.418 e. The number of hydrogen-bond donors (Lipinski definition) is 0. The molecular formula is C29H28Cl2F5N5O. The number of halogens is 7. The van der Waals surface area contributed by atoms with E-state index in [1.54, 1.807) is 0 Å². The minimum absolute atomic E-state index is 0.0939. The Balaban J connectivity index is 1.35. The van der Waals surface area contributed by atoms with Crippen LogP contribution in [0.3, 0.4) is 0 Å². The molecule has 3 aromatic rings. The van der Waals surface area contributed by atoms with E-state index in [0.29, 0.717) is 30.6 Å². The molecule has 1 aliphatic carbocycles. The highest BCUT2D eigenvalue weighted by Crippen LogP contribution is 2.45. The first-order valence-electron chi connectivity index (χ1n) is 14.2. The SMILES string of the molecule is Fc1c(-c2cc(Cl)cc(Cl)c2C(F)(F)F)ncc2c(N3CC4CCC(C4)C3)nc(OC[C@@]34CCCN3C[C@H](F)C4)nc12. The molecule has 5 heterocycles. The van der Waals surface area contributed by atoms with Gasteiger partial charge < -0.3 is 9.64 Å². The number of anilines is 1. The molecule has 0 radical (unpaired) electrons. The molecule has 1 aromatic carbocycles. The molecule has 4 aliphatic rings. The van der Waals surface area contributed by atoms with E-state index in [1.807, 2.05) is 0 Å². The Bertz CT molecular complexity index is 1550. The lowest BCUT2D eigenvalue weighted by Gasteiger charge is -2.34. The van der Waals surface area contributed by atoms with Gasteiger partial charge in [-0.1, -0.05) is 23.2 Å². The van der Waals surface area contributed by atoms with E-state index < -0.39 is 45.5 Å². The Labute approximate surface area is 249 Å². The summed E-state index contributed by atoms with van der Waals surface area (Å²) in [5, 5.41) is -0.480. The molecule has 4 atom stereocenters. The molecule has 13 heteroatoms. The van der Waals surface area contributed by atoms with Crippen LogP contribution in [0.4, 0.5) is 27.8 Å². The largest absolute Gasteiger partial charge is 0.461 e. The first kappa shape index (κ1) is 28.3. The van der Waals surface area contributed by atoms with Gasteiger partial charge in [-0.25, -0.2) is 8.78 Å². The fraction of sp³-hybridized carbons (Fsp3) is 0.552. The van der Waals surface area contributed by atoms with Crippen LogP contribution in [0.2, 0.25) is 10.0 Å². The van der Waals surface area contributed by atoms with Gasteiger partial charge in [0, 0.05) is 42.8 Å². The van der Waals surface area contributed by atoms with Crippen LogP contribution in [0.15, 0.2) is 18.3 Å². The molecule has 4 fully saturated rings. The molecule has 2 unspecified atom stereocenters. The fourth-order valence-corrected chi connectivity index (χ4v) is 8.19. The topological polar surface area (TPSA) is 54.4 Å². The van der Waals surface area contributed by atoms with Crippen LogP contribution >= 0.6 is 23.2 Å². The third-order valence-electron chi connectivity index (χ3n) is 9.37. The number of nitrogens with zero attached hydrogens (tertiary/aromatic N) is 5. The average Bonchev–Trinajstić information content (AvgIpc) is 3.56. The molecule has 0 amide bonds. The zero-order valence-corrected chi connectivity index (χ0v) is 24.0. The molecule has 6 nitrogen and oxygen atoms in total. The fourth-order valence-electron chi connectivity index (χ4n) is 7.59. The maximum atomic E-state index is 16.3. The summed E-state index contributed by atoms with van der Waals surface area (Å²) in [6.07, 6.45) is 0.806. The highest BCUT2D eigenvalue weighted by molar-refractivity contribution is 6.35. The lowest BCUT2D eigenvalue weighted by molar-refractivity contribution is -0.137. The van der Waals surface area contributed by atoms with E-state index in [2.05, 4.69) is 19.8 Å². The summed E-state index contributed by atoms with van der Waals surface area (Å²) in [6.45, 7) is 2.68. The van der Waals surface area contributed by atoms with Crippen molar-refractivity contribution in [1.29, 1.82) is 0 Å². The highest BCUT2D eigenvalue weighted by Gasteiger charge is 2.49. The van der Waals surface area contributed by atoms with Gasteiger partial charge in [-0.05, 0) is 62.6 Å². The van der Waals surface area contributed by atoms with Crippen molar-refractivity contribution in [3.05, 3.63) is 39.8 Å². The van der Waals surface area contributed by atoms with Crippen molar-refractivity contribution < 1.29 is 26.7 Å². The van der Waals surface area contributed by atoms with E-state index in [0.717, 1.165) is 63.9 Å². The number of rotatable bonds is 5. The van der Waals surface area contributed by atoms with Crippen molar-refractivity contribution in [2.24, 2.45) is 11.8 Å². The van der Waals surface area contributed by atoms with Gasteiger partial charge in [-0.2, -0.15) is 23.1 Å². The van der Waals surface area contributed by atoms with Crippen LogP contribution < -0.4 is 9.64 Å². The highest BCUT2D eigenvalue weighted by atomic mass is 35.5. The summed E-state index contributed by atoms with van der Waals surface area (Å²) in [5.41, 5.74) is -3.09. The molecule has 3 saturated heterocycles. The van der Waals surface area contributed by atoms with E-state index >= 15 is 4.39 Å². The van der Waals surface area contributed by atoms with Crippen LogP contribution in [0.5, 0.6) is 6.01 Å². The first-order chi connectivity index (χ1) is 20.0. The molecule has 2 aromatic heterocycles. The van der Waals surface area contributed by atoms with Crippen molar-refractivity contribution >= 4 is 39.9 Å². The summed E-state index contributed by atoms with van der Waals surface area (Å²) in [4.78, 5) is 17.4. The standard InChI is InChI=1S/C29H28Cl2F5N5O/c30-17-7-19(22(21(31)8-17)29(34,35)36)24-23(33)25-20(10-37-24)26(40-11-15-2-3-16(6-15)12-40)39-27(38-25)42-14-28-4-1-5-41(28)13-18(32)9-28/h7-8,10,15-16,18H,1-6,9,11-14H2/t15?,16?,18-,28+/m1/s1. The number of aromatic nitrogens is 3. The summed E-state index contributed by atoms with van der Waals surface area (Å²) in [7, 11) is 0. The van der Waals surface area contributed by atoms with Gasteiger partial charge in [0.25, 0.3) is 0 Å². The molecule has 2 bridgehead atoms. The van der Waals surface area contributed by atoms with E-state index in [-0.39, 0.29) is 28.5 Å². The lowest BCUT2D eigenvalue weighted by atomic mass is 9.95. The van der Waals surface area contributed by atoms with Crippen molar-refractivity contribution in [3.8, 4) is 17.3 Å². The van der Waals surface area contributed by atoms with Crippen LogP contribution in [0.1, 0.15) is 44.1 Å². The second-order valence-corrected chi connectivity index (χ2v) is 13.0. The van der Waals surface area contributed by atoms with Gasteiger partial charge >= 0.3 is 12.2 Å². The van der Waals surface area contributed by atoms with Crippen LogP contribution in [0.25, 0.3) is 22.2 Å². The van der Waals surface area contributed by atoms with Gasteiger partial charge in [0.05, 0.1) is 21.5 Å². The molecule has 0 N–H and O–H groups in total. The number of benzene rings is 1. The molecular weight excluding hydrogens is 600 g/mol. The van der Waals surface area contributed by atoms with Crippen LogP contribution in [-0.2, 0) is 6.18 Å². The average molecular weight is 628 g/mol. The summed E-state index contributed by atoms with van der Waals surface area (Å²) >= 11 is 12.0. The Hall–Kier alpha value is -2.50. The number of alkyl halides is 4. The lowest BCUT2D eigenvalue weighted by Crippen LogP contribution is -2.43. The Morgan fingerprint density at radius 2 is 1.83 bits per heavy atom. The quantitative estimate of drug-likeness (QED) is 0.276. The monoisotopic (exact) mass is 627 g/mol. The van der Waals surface area contributed by atoms with Crippen molar-refractivity contribution in [2.75, 3.05) is 37.7 Å². The number of piperidine rings is 1. The summed E-state index contributed by atoms with van der Waals surface area (Å²) < 4.78 is 78.9. The van der Waals surface area contributed by atoms with Gasteiger partial charge in [0.1, 0.15) is 29.8 Å². The number of ether oxygens (including phenoxy) is 1. The number of hydrogen-bond acceptors (Lipinski definition) is 6. The Morgan fingerprint density at radius 1 is 1.07 bits per heavy atom. The molecule has 1 saturated carbocycles. The second-order valence-electron chi connectivity index (χ2n) is 12.1. The number of pyridine rings is 1. The minimum atomic E-state index is -4.89. The molecule has 3 aliphatic heterocycles. The number of fused-ring (bicyclic) bond motifs is 4. The Morgan fingerprint density at radius 3 is 2.57 bits per heavy atom. The molecule has 7 rings (SSSR count). The molecule has 42 heavy (non-hydrogen) atoms. The van der Waals surface area contributed by atoms with E-state index in [1.165, 1.54) is 6.20 Å².